The van der Waals surface area contributed by atoms with Crippen LogP contribution in [0.25, 0.3) is 11.1 Å². The highest BCUT2D eigenvalue weighted by molar-refractivity contribution is 7.85. The molecule has 3 aromatic rings. The van der Waals surface area contributed by atoms with Gasteiger partial charge in [0.1, 0.15) is 11.5 Å². The second kappa shape index (κ2) is 8.34. The van der Waals surface area contributed by atoms with Gasteiger partial charge in [-0.1, -0.05) is 54.6 Å². The van der Waals surface area contributed by atoms with E-state index in [1.54, 1.807) is 38.4 Å². The molecule has 3 aromatic carbocycles. The fourth-order valence-electron chi connectivity index (χ4n) is 3.96. The highest BCUT2D eigenvalue weighted by Gasteiger charge is 2.49. The summed E-state index contributed by atoms with van der Waals surface area (Å²) in [4.78, 5) is 19.3. The number of amides is 1. The topological polar surface area (TPSA) is 122 Å². The average molecular weight is 466 g/mol. The second-order valence-corrected chi connectivity index (χ2v) is 9.23. The Morgan fingerprint density at radius 3 is 2.21 bits per heavy atom. The summed E-state index contributed by atoms with van der Waals surface area (Å²) in [5.74, 6) is -0.0645. The maximum Gasteiger partial charge on any atom is 0.269 e. The normalized spacial score (nSPS) is 18.3. The number of hydrogen-bond donors (Lipinski definition) is 2. The monoisotopic (exact) mass is 465 g/mol. The molecule has 170 valence electrons. The molecule has 0 spiro atoms. The largest absolute Gasteiger partial charge is 0.497 e. The predicted molar refractivity (Wildman–Crippen MR) is 125 cm³/mol. The van der Waals surface area contributed by atoms with Gasteiger partial charge in [-0.25, -0.2) is 4.99 Å². The second-order valence-electron chi connectivity index (χ2n) is 7.78. The van der Waals surface area contributed by atoms with Crippen LogP contribution in [0.15, 0.2) is 77.8 Å². The number of hydrogen-bond acceptors (Lipinski definition) is 6. The Morgan fingerprint density at radius 1 is 1.00 bits per heavy atom. The van der Waals surface area contributed by atoms with E-state index in [4.69, 9.17) is 15.0 Å². The van der Waals surface area contributed by atoms with Gasteiger partial charge < -0.3 is 10.5 Å². The number of nitrogens with two attached hydrogens (primary N) is 1. The number of carbonyl (C=O) groups is 1. The van der Waals surface area contributed by atoms with Crippen LogP contribution < -0.4 is 10.5 Å². The fraction of sp³-hybridized carbons (Fsp3) is 0.167. The van der Waals surface area contributed by atoms with Crippen molar-refractivity contribution < 1.29 is 22.5 Å². The molecule has 4 rings (SSSR count). The number of guanidine groups is 1. The van der Waals surface area contributed by atoms with Gasteiger partial charge in [-0.15, -0.1) is 0 Å². The van der Waals surface area contributed by atoms with Gasteiger partial charge in [-0.2, -0.15) is 8.42 Å². The first-order valence-electron chi connectivity index (χ1n) is 10.1. The van der Waals surface area contributed by atoms with E-state index in [9.17, 15) is 13.2 Å². The van der Waals surface area contributed by atoms with Crippen molar-refractivity contribution in [1.82, 2.24) is 4.90 Å². The van der Waals surface area contributed by atoms with Gasteiger partial charge in [0, 0.05) is 7.05 Å². The van der Waals surface area contributed by atoms with E-state index in [0.29, 0.717) is 22.4 Å². The maximum absolute atomic E-state index is 13.5. The zero-order valence-electron chi connectivity index (χ0n) is 18.1. The molecule has 1 atom stereocenters. The first-order valence-corrected chi connectivity index (χ1v) is 11.7. The zero-order chi connectivity index (χ0) is 23.8. The molecule has 1 heterocycles. The van der Waals surface area contributed by atoms with Crippen molar-refractivity contribution in [2.24, 2.45) is 10.7 Å². The summed E-state index contributed by atoms with van der Waals surface area (Å²) in [6, 6.07) is 21.4. The zero-order valence-corrected chi connectivity index (χ0v) is 18.9. The smallest absolute Gasteiger partial charge is 0.269 e. The molecule has 0 aromatic heterocycles. The van der Waals surface area contributed by atoms with Crippen LogP contribution in [0.3, 0.4) is 0 Å². The van der Waals surface area contributed by atoms with Gasteiger partial charge in [-0.3, -0.25) is 14.2 Å². The standard InChI is InChI=1S/C24H23N3O5S/c1-27-22(28)24(26-23(27)25,19-11-9-16(10-12-19)15-33(29,30)31)20-7-3-5-17(13-20)18-6-4-8-21(14-18)32-2/h3-14H,15H2,1-2H3,(H2,25,26)(H,29,30,31). The molecule has 0 saturated carbocycles. The van der Waals surface area contributed by atoms with E-state index in [1.807, 2.05) is 48.5 Å². The van der Waals surface area contributed by atoms with E-state index in [1.165, 1.54) is 4.90 Å². The minimum absolute atomic E-state index is 0.0776. The highest BCUT2D eigenvalue weighted by atomic mass is 32.2. The molecule has 1 aliphatic heterocycles. The molecule has 0 saturated heterocycles. The van der Waals surface area contributed by atoms with E-state index in [2.05, 4.69) is 4.99 Å². The number of carbonyl (C=O) groups excluding carboxylic acids is 1. The first kappa shape index (κ1) is 22.5. The van der Waals surface area contributed by atoms with Crippen LogP contribution >= 0.6 is 0 Å². The van der Waals surface area contributed by atoms with Crippen LogP contribution in [0.1, 0.15) is 16.7 Å². The molecule has 1 unspecified atom stereocenters. The molecule has 8 nitrogen and oxygen atoms in total. The van der Waals surface area contributed by atoms with Crippen molar-refractivity contribution in [2.45, 2.75) is 11.3 Å². The van der Waals surface area contributed by atoms with E-state index in [0.717, 1.165) is 11.1 Å². The summed E-state index contributed by atoms with van der Waals surface area (Å²) in [7, 11) is -1.02. The van der Waals surface area contributed by atoms with Gasteiger partial charge in [0.15, 0.2) is 11.5 Å². The lowest BCUT2D eigenvalue weighted by molar-refractivity contribution is -0.129. The molecule has 9 heteroatoms. The molecule has 1 aliphatic rings. The van der Waals surface area contributed by atoms with E-state index < -0.39 is 21.4 Å². The van der Waals surface area contributed by atoms with Crippen LogP contribution in [0.2, 0.25) is 0 Å². The minimum Gasteiger partial charge on any atom is -0.497 e. The fourth-order valence-corrected chi connectivity index (χ4v) is 4.58. The van der Waals surface area contributed by atoms with E-state index in [-0.39, 0.29) is 11.9 Å². The lowest BCUT2D eigenvalue weighted by atomic mass is 9.81. The third-order valence-electron chi connectivity index (χ3n) is 5.64. The predicted octanol–water partition coefficient (Wildman–Crippen LogP) is 2.78. The third-order valence-corrected chi connectivity index (χ3v) is 6.34. The molecule has 0 bridgehead atoms. The van der Waals surface area contributed by atoms with Crippen LogP contribution in [0, 0.1) is 0 Å². The molecule has 0 aliphatic carbocycles. The molecular formula is C24H23N3O5S. The summed E-state index contributed by atoms with van der Waals surface area (Å²) >= 11 is 0. The Labute approximate surface area is 192 Å². The Hall–Kier alpha value is -3.69. The van der Waals surface area contributed by atoms with Gasteiger partial charge in [0.25, 0.3) is 16.0 Å². The lowest BCUT2D eigenvalue weighted by Crippen LogP contribution is -2.41. The number of nitrogens with zero attached hydrogens (tertiary/aromatic N) is 2. The van der Waals surface area contributed by atoms with Crippen molar-refractivity contribution in [3.63, 3.8) is 0 Å². The molecule has 0 fully saturated rings. The van der Waals surface area contributed by atoms with Crippen LogP contribution in [-0.2, 0) is 26.2 Å². The van der Waals surface area contributed by atoms with Crippen molar-refractivity contribution in [2.75, 3.05) is 14.2 Å². The number of aliphatic imine (C=N–C) groups is 1. The van der Waals surface area contributed by atoms with Crippen molar-refractivity contribution in [1.29, 1.82) is 0 Å². The first-order chi connectivity index (χ1) is 15.6. The number of ether oxygens (including phenoxy) is 1. The Bertz CT molecular complexity index is 1350. The van der Waals surface area contributed by atoms with Gasteiger partial charge >= 0.3 is 0 Å². The van der Waals surface area contributed by atoms with Crippen molar-refractivity contribution >= 4 is 22.0 Å². The van der Waals surface area contributed by atoms with E-state index >= 15 is 0 Å². The summed E-state index contributed by atoms with van der Waals surface area (Å²) < 4.78 is 36.9. The van der Waals surface area contributed by atoms with Crippen molar-refractivity contribution in [3.05, 3.63) is 89.5 Å². The Balaban J connectivity index is 1.85. The van der Waals surface area contributed by atoms with Gasteiger partial charge in [-0.05, 0) is 46.0 Å². The maximum atomic E-state index is 13.5. The summed E-state index contributed by atoms with van der Waals surface area (Å²) in [6.45, 7) is 0. The van der Waals surface area contributed by atoms with Crippen molar-refractivity contribution in [3.8, 4) is 16.9 Å². The van der Waals surface area contributed by atoms with Gasteiger partial charge in [0.05, 0.1) is 7.11 Å². The molecule has 33 heavy (non-hydrogen) atoms. The average Bonchev–Trinajstić information content (AvgIpc) is 3.03. The molecule has 1 amide bonds. The number of benzene rings is 3. The number of methoxy groups -OCH3 is 1. The third kappa shape index (κ3) is 4.20. The minimum atomic E-state index is -4.18. The molecule has 0 radical (unpaired) electrons. The highest BCUT2D eigenvalue weighted by Crippen LogP contribution is 2.40. The number of rotatable bonds is 6. The van der Waals surface area contributed by atoms with Crippen LogP contribution in [0.4, 0.5) is 0 Å². The quantitative estimate of drug-likeness (QED) is 0.540. The summed E-state index contributed by atoms with van der Waals surface area (Å²) in [5, 5.41) is 0. The van der Waals surface area contributed by atoms with Crippen LogP contribution in [0.5, 0.6) is 5.75 Å². The molecular weight excluding hydrogens is 442 g/mol. The summed E-state index contributed by atoms with van der Waals surface area (Å²) in [6.07, 6.45) is 0. The SMILES string of the molecule is COc1cccc(-c2cccc(C3(c4ccc(CS(=O)(=O)O)cc4)N=C(N)N(C)C3=O)c2)c1. The Morgan fingerprint density at radius 2 is 1.64 bits per heavy atom. The molecule has 3 N–H and O–H groups in total. The summed E-state index contributed by atoms with van der Waals surface area (Å²) in [5.41, 5.74) is 7.92. The lowest BCUT2D eigenvalue weighted by Gasteiger charge is -2.26. The van der Waals surface area contributed by atoms with Crippen LogP contribution in [-0.4, -0.2) is 43.9 Å². The van der Waals surface area contributed by atoms with Gasteiger partial charge in [0.2, 0.25) is 0 Å². The number of likely N-dealkylation sites (N-methyl/N-ethyl adjacent to an activating group) is 1. The Kier molecular flexibility index (Phi) is 5.69.